The molecule has 140 valence electrons. The molecule has 0 unspecified atom stereocenters. The number of ether oxygens (including phenoxy) is 1. The van der Waals surface area contributed by atoms with Crippen molar-refractivity contribution in [2.24, 2.45) is 5.73 Å². The van der Waals surface area contributed by atoms with Gasteiger partial charge in [0.15, 0.2) is 0 Å². The van der Waals surface area contributed by atoms with Crippen molar-refractivity contribution in [1.29, 1.82) is 0 Å². The summed E-state index contributed by atoms with van der Waals surface area (Å²) in [6.07, 6.45) is 3.37. The fraction of sp³-hybridized carbons (Fsp3) is 0.316. The lowest BCUT2D eigenvalue weighted by Crippen LogP contribution is -2.39. The molecule has 1 aromatic heterocycles. The van der Waals surface area contributed by atoms with Gasteiger partial charge < -0.3 is 21.1 Å². The standard InChI is InChI=1S/C19H22N6O2/c20-18(26)24-17-3-1-2-15(12-17)4-5-16-13-22-19(23-14-16)21-6-7-25-8-10-27-11-9-25/h1-3,12-14H,6-11H2,(H3,20,24,26)(H,21,22,23). The van der Waals surface area contributed by atoms with Gasteiger partial charge in [0.2, 0.25) is 5.95 Å². The lowest BCUT2D eigenvalue weighted by molar-refractivity contribution is 0.0398. The summed E-state index contributed by atoms with van der Waals surface area (Å²) in [4.78, 5) is 21.8. The quantitative estimate of drug-likeness (QED) is 0.685. The van der Waals surface area contributed by atoms with E-state index in [9.17, 15) is 4.79 Å². The smallest absolute Gasteiger partial charge is 0.316 e. The number of rotatable bonds is 5. The number of carbonyl (C=O) groups is 1. The Bertz CT molecular complexity index is 822. The number of amides is 2. The molecule has 0 spiro atoms. The van der Waals surface area contributed by atoms with Crippen LogP contribution in [-0.4, -0.2) is 60.3 Å². The number of anilines is 2. The third-order valence-corrected chi connectivity index (χ3v) is 3.95. The van der Waals surface area contributed by atoms with Crippen LogP contribution in [0.4, 0.5) is 16.4 Å². The first-order valence-corrected chi connectivity index (χ1v) is 8.73. The Morgan fingerprint density at radius 2 is 1.93 bits per heavy atom. The Morgan fingerprint density at radius 3 is 2.67 bits per heavy atom. The molecule has 0 bridgehead atoms. The summed E-state index contributed by atoms with van der Waals surface area (Å²) in [6.45, 7) is 5.24. The number of morpholine rings is 1. The van der Waals surface area contributed by atoms with E-state index in [1.165, 1.54) is 0 Å². The van der Waals surface area contributed by atoms with Crippen molar-refractivity contribution in [3.63, 3.8) is 0 Å². The van der Waals surface area contributed by atoms with Crippen LogP contribution < -0.4 is 16.4 Å². The first kappa shape index (κ1) is 18.6. The van der Waals surface area contributed by atoms with Crippen molar-refractivity contribution in [2.45, 2.75) is 0 Å². The average molecular weight is 366 g/mol. The van der Waals surface area contributed by atoms with Crippen LogP contribution in [0, 0.1) is 11.8 Å². The minimum Gasteiger partial charge on any atom is -0.379 e. The average Bonchev–Trinajstić information content (AvgIpc) is 2.68. The van der Waals surface area contributed by atoms with Crippen molar-refractivity contribution in [2.75, 3.05) is 50.0 Å². The molecule has 8 nitrogen and oxygen atoms in total. The van der Waals surface area contributed by atoms with Crippen LogP contribution in [0.15, 0.2) is 36.7 Å². The maximum atomic E-state index is 10.9. The molecule has 2 aromatic rings. The summed E-state index contributed by atoms with van der Waals surface area (Å²) in [5.74, 6) is 6.61. The summed E-state index contributed by atoms with van der Waals surface area (Å²) in [7, 11) is 0. The van der Waals surface area contributed by atoms with Gasteiger partial charge in [-0.25, -0.2) is 14.8 Å². The Hall–Kier alpha value is -3.15. The number of nitrogens with zero attached hydrogens (tertiary/aromatic N) is 3. The van der Waals surface area contributed by atoms with Crippen LogP contribution >= 0.6 is 0 Å². The molecular formula is C19H22N6O2. The van der Waals surface area contributed by atoms with Gasteiger partial charge in [-0.2, -0.15) is 0 Å². The second kappa shape index (κ2) is 9.52. The summed E-state index contributed by atoms with van der Waals surface area (Å²) in [5, 5.41) is 5.74. The van der Waals surface area contributed by atoms with Gasteiger partial charge in [0.05, 0.1) is 18.8 Å². The second-order valence-electron chi connectivity index (χ2n) is 6.00. The first-order valence-electron chi connectivity index (χ1n) is 8.73. The Morgan fingerprint density at radius 1 is 1.19 bits per heavy atom. The molecule has 0 saturated carbocycles. The molecule has 27 heavy (non-hydrogen) atoms. The molecule has 0 atom stereocenters. The van der Waals surface area contributed by atoms with Crippen molar-refractivity contribution in [1.82, 2.24) is 14.9 Å². The number of hydrogen-bond acceptors (Lipinski definition) is 6. The minimum atomic E-state index is -0.606. The number of urea groups is 1. The van der Waals surface area contributed by atoms with Gasteiger partial charge >= 0.3 is 6.03 Å². The Kier molecular flexibility index (Phi) is 6.57. The first-order chi connectivity index (χ1) is 13.2. The molecule has 8 heteroatoms. The zero-order chi connectivity index (χ0) is 18.9. The molecule has 1 aliphatic rings. The van der Waals surface area contributed by atoms with Crippen LogP contribution in [0.1, 0.15) is 11.1 Å². The van der Waals surface area contributed by atoms with Crippen molar-refractivity contribution in [3.05, 3.63) is 47.8 Å². The van der Waals surface area contributed by atoms with Crippen molar-refractivity contribution < 1.29 is 9.53 Å². The molecule has 1 aliphatic heterocycles. The van der Waals surface area contributed by atoms with Gasteiger partial charge in [0, 0.05) is 49.8 Å². The molecule has 1 aromatic carbocycles. The zero-order valence-electron chi connectivity index (χ0n) is 14.9. The normalized spacial score (nSPS) is 14.1. The predicted molar refractivity (Wildman–Crippen MR) is 103 cm³/mol. The molecule has 0 radical (unpaired) electrons. The minimum absolute atomic E-state index is 0.585. The molecule has 1 fully saturated rings. The van der Waals surface area contributed by atoms with Gasteiger partial charge in [-0.05, 0) is 18.2 Å². The third kappa shape index (κ3) is 6.26. The number of carbonyl (C=O) groups excluding carboxylic acids is 1. The molecule has 4 N–H and O–H groups in total. The van der Waals surface area contributed by atoms with Crippen LogP contribution in [-0.2, 0) is 4.74 Å². The fourth-order valence-electron chi connectivity index (χ4n) is 2.60. The van der Waals surface area contributed by atoms with E-state index in [0.29, 0.717) is 17.2 Å². The van der Waals surface area contributed by atoms with E-state index in [4.69, 9.17) is 10.5 Å². The van der Waals surface area contributed by atoms with Crippen molar-refractivity contribution in [3.8, 4) is 11.8 Å². The summed E-state index contributed by atoms with van der Waals surface area (Å²) in [6, 6.07) is 6.54. The lowest BCUT2D eigenvalue weighted by Gasteiger charge is -2.26. The highest BCUT2D eigenvalue weighted by molar-refractivity contribution is 5.87. The van der Waals surface area contributed by atoms with Crippen LogP contribution in [0.5, 0.6) is 0 Å². The number of primary amides is 1. The van der Waals surface area contributed by atoms with Crippen molar-refractivity contribution >= 4 is 17.7 Å². The van der Waals surface area contributed by atoms with E-state index in [2.05, 4.69) is 37.3 Å². The number of benzene rings is 1. The summed E-state index contributed by atoms with van der Waals surface area (Å²) < 4.78 is 5.33. The summed E-state index contributed by atoms with van der Waals surface area (Å²) in [5.41, 5.74) is 7.18. The van der Waals surface area contributed by atoms with Gasteiger partial charge in [-0.15, -0.1) is 0 Å². The zero-order valence-corrected chi connectivity index (χ0v) is 14.9. The lowest BCUT2D eigenvalue weighted by atomic mass is 10.2. The number of aromatic nitrogens is 2. The van der Waals surface area contributed by atoms with Crippen LogP contribution in [0.2, 0.25) is 0 Å². The van der Waals surface area contributed by atoms with Gasteiger partial charge in [-0.3, -0.25) is 4.90 Å². The fourth-order valence-corrected chi connectivity index (χ4v) is 2.60. The second-order valence-corrected chi connectivity index (χ2v) is 6.00. The van der Waals surface area contributed by atoms with E-state index in [0.717, 1.165) is 45.0 Å². The molecule has 3 rings (SSSR count). The number of nitrogens with one attached hydrogen (secondary N) is 2. The Balaban J connectivity index is 1.52. The molecule has 2 heterocycles. The van der Waals surface area contributed by atoms with E-state index in [-0.39, 0.29) is 0 Å². The highest BCUT2D eigenvalue weighted by Crippen LogP contribution is 2.09. The topological polar surface area (TPSA) is 105 Å². The summed E-state index contributed by atoms with van der Waals surface area (Å²) >= 11 is 0. The van der Waals surface area contributed by atoms with Crippen LogP contribution in [0.3, 0.4) is 0 Å². The number of nitrogens with two attached hydrogens (primary N) is 1. The molecular weight excluding hydrogens is 344 g/mol. The van der Waals surface area contributed by atoms with Gasteiger partial charge in [0.1, 0.15) is 0 Å². The monoisotopic (exact) mass is 366 g/mol. The van der Waals surface area contributed by atoms with Crippen LogP contribution in [0.25, 0.3) is 0 Å². The van der Waals surface area contributed by atoms with E-state index >= 15 is 0 Å². The highest BCUT2D eigenvalue weighted by Gasteiger charge is 2.09. The van der Waals surface area contributed by atoms with E-state index in [1.807, 2.05) is 6.07 Å². The largest absolute Gasteiger partial charge is 0.379 e. The maximum Gasteiger partial charge on any atom is 0.316 e. The maximum absolute atomic E-state index is 10.9. The molecule has 2 amide bonds. The third-order valence-electron chi connectivity index (χ3n) is 3.95. The Labute approximate surface area is 158 Å². The van der Waals surface area contributed by atoms with Gasteiger partial charge in [-0.1, -0.05) is 17.9 Å². The molecule has 0 aliphatic carbocycles. The van der Waals surface area contributed by atoms with E-state index < -0.39 is 6.03 Å². The van der Waals surface area contributed by atoms with E-state index in [1.54, 1.807) is 30.6 Å². The predicted octanol–water partition coefficient (Wildman–Crippen LogP) is 1.11. The SMILES string of the molecule is NC(=O)Nc1cccc(C#Cc2cnc(NCCN3CCOCC3)nc2)c1. The molecule has 1 saturated heterocycles. The van der Waals surface area contributed by atoms with Gasteiger partial charge in [0.25, 0.3) is 0 Å². The highest BCUT2D eigenvalue weighted by atomic mass is 16.5. The number of hydrogen-bond donors (Lipinski definition) is 3.